The van der Waals surface area contributed by atoms with E-state index in [0.29, 0.717) is 0 Å². The Kier molecular flexibility index (Phi) is 3.73. The van der Waals surface area contributed by atoms with Gasteiger partial charge < -0.3 is 5.32 Å². The van der Waals surface area contributed by atoms with Gasteiger partial charge in [-0.2, -0.15) is 15.4 Å². The van der Waals surface area contributed by atoms with E-state index in [0.717, 1.165) is 11.1 Å². The summed E-state index contributed by atoms with van der Waals surface area (Å²) in [5.74, 6) is -0.263. The van der Waals surface area contributed by atoms with E-state index in [-0.39, 0.29) is 17.6 Å². The number of H-pyrrole nitrogens is 1. The van der Waals surface area contributed by atoms with Gasteiger partial charge in [0.1, 0.15) is 0 Å². The van der Waals surface area contributed by atoms with Gasteiger partial charge in [-0.05, 0) is 11.1 Å². The van der Waals surface area contributed by atoms with Crippen molar-refractivity contribution in [2.24, 2.45) is 0 Å². The van der Waals surface area contributed by atoms with E-state index < -0.39 is 0 Å². The van der Waals surface area contributed by atoms with Crippen LogP contribution in [0.25, 0.3) is 0 Å². The topological polar surface area (TPSA) is 70.7 Å². The second-order valence-electron chi connectivity index (χ2n) is 4.58. The Bertz CT molecular complexity index is 656. The van der Waals surface area contributed by atoms with Gasteiger partial charge in [-0.1, -0.05) is 60.7 Å². The highest BCUT2D eigenvalue weighted by Crippen LogP contribution is 2.21. The monoisotopic (exact) mass is 278 g/mol. The van der Waals surface area contributed by atoms with E-state index in [2.05, 4.69) is 20.7 Å². The highest BCUT2D eigenvalue weighted by atomic mass is 16.2. The molecule has 2 aromatic carbocycles. The zero-order valence-corrected chi connectivity index (χ0v) is 11.2. The summed E-state index contributed by atoms with van der Waals surface area (Å²) in [6.07, 6.45) is 1.41. The number of nitrogens with one attached hydrogen (secondary N) is 2. The molecule has 0 fully saturated rings. The maximum atomic E-state index is 12.2. The van der Waals surface area contributed by atoms with Gasteiger partial charge in [0.2, 0.25) is 0 Å². The Morgan fingerprint density at radius 1 is 0.952 bits per heavy atom. The third-order valence-electron chi connectivity index (χ3n) is 3.19. The van der Waals surface area contributed by atoms with E-state index in [1.165, 1.54) is 6.20 Å². The van der Waals surface area contributed by atoms with Crippen LogP contribution in [-0.2, 0) is 0 Å². The zero-order chi connectivity index (χ0) is 14.5. The maximum Gasteiger partial charge on any atom is 0.274 e. The lowest BCUT2D eigenvalue weighted by atomic mass is 9.98. The Hall–Kier alpha value is -2.95. The van der Waals surface area contributed by atoms with Gasteiger partial charge in [0.05, 0.1) is 12.2 Å². The van der Waals surface area contributed by atoms with E-state index in [1.807, 2.05) is 60.7 Å². The third-order valence-corrected chi connectivity index (χ3v) is 3.19. The number of amides is 1. The van der Waals surface area contributed by atoms with Crippen LogP contribution in [0.5, 0.6) is 0 Å². The molecule has 1 heterocycles. The van der Waals surface area contributed by atoms with Crippen molar-refractivity contribution in [1.29, 1.82) is 0 Å². The Balaban J connectivity index is 1.92. The molecule has 3 rings (SSSR count). The van der Waals surface area contributed by atoms with Crippen molar-refractivity contribution in [1.82, 2.24) is 20.7 Å². The SMILES string of the molecule is O=C(NC(c1ccccc1)c1ccccc1)c1cn[nH]n1. The number of aromatic amines is 1. The molecule has 0 bridgehead atoms. The highest BCUT2D eigenvalue weighted by molar-refractivity contribution is 5.92. The minimum atomic E-state index is -0.263. The maximum absolute atomic E-state index is 12.2. The summed E-state index contributed by atoms with van der Waals surface area (Å²) in [7, 11) is 0. The van der Waals surface area contributed by atoms with Crippen LogP contribution in [0.4, 0.5) is 0 Å². The fourth-order valence-corrected chi connectivity index (χ4v) is 2.17. The first-order valence-corrected chi connectivity index (χ1v) is 6.61. The van der Waals surface area contributed by atoms with Crippen LogP contribution < -0.4 is 5.32 Å². The second-order valence-corrected chi connectivity index (χ2v) is 4.58. The quantitative estimate of drug-likeness (QED) is 0.769. The van der Waals surface area contributed by atoms with E-state index in [9.17, 15) is 4.79 Å². The van der Waals surface area contributed by atoms with Gasteiger partial charge >= 0.3 is 0 Å². The van der Waals surface area contributed by atoms with Crippen molar-refractivity contribution >= 4 is 5.91 Å². The van der Waals surface area contributed by atoms with Crippen LogP contribution >= 0.6 is 0 Å². The van der Waals surface area contributed by atoms with Gasteiger partial charge in [-0.15, -0.1) is 0 Å². The zero-order valence-electron chi connectivity index (χ0n) is 11.2. The molecule has 0 aliphatic heterocycles. The molecule has 5 nitrogen and oxygen atoms in total. The molecule has 3 aromatic rings. The minimum Gasteiger partial charge on any atom is -0.340 e. The fourth-order valence-electron chi connectivity index (χ4n) is 2.17. The minimum absolute atomic E-state index is 0.225. The number of carbonyl (C=O) groups is 1. The molecular weight excluding hydrogens is 264 g/mol. The van der Waals surface area contributed by atoms with E-state index in [1.54, 1.807) is 0 Å². The largest absolute Gasteiger partial charge is 0.340 e. The first kappa shape index (κ1) is 13.1. The molecule has 1 amide bonds. The number of benzene rings is 2. The van der Waals surface area contributed by atoms with Crippen molar-refractivity contribution in [2.75, 3.05) is 0 Å². The molecule has 0 spiro atoms. The average molecular weight is 278 g/mol. The molecule has 5 heteroatoms. The first-order chi connectivity index (χ1) is 10.3. The van der Waals surface area contributed by atoms with Crippen molar-refractivity contribution in [3.05, 3.63) is 83.7 Å². The van der Waals surface area contributed by atoms with Crippen LogP contribution in [-0.4, -0.2) is 21.3 Å². The summed E-state index contributed by atoms with van der Waals surface area (Å²) >= 11 is 0. The predicted octanol–water partition coefficient (Wildman–Crippen LogP) is 2.32. The molecule has 0 atom stereocenters. The molecule has 0 aliphatic carbocycles. The Labute approximate surface area is 122 Å². The lowest BCUT2D eigenvalue weighted by molar-refractivity contribution is 0.0938. The van der Waals surface area contributed by atoms with E-state index >= 15 is 0 Å². The lowest BCUT2D eigenvalue weighted by Crippen LogP contribution is -2.29. The molecule has 2 N–H and O–H groups in total. The second kappa shape index (κ2) is 6.00. The van der Waals surface area contributed by atoms with Gasteiger partial charge in [-0.3, -0.25) is 4.79 Å². The number of rotatable bonds is 4. The molecule has 1 aromatic heterocycles. The molecular formula is C16H14N4O. The molecule has 0 saturated carbocycles. The molecule has 0 radical (unpaired) electrons. The molecule has 21 heavy (non-hydrogen) atoms. The lowest BCUT2D eigenvalue weighted by Gasteiger charge is -2.19. The van der Waals surface area contributed by atoms with E-state index in [4.69, 9.17) is 0 Å². The van der Waals surface area contributed by atoms with Crippen LogP contribution in [0.15, 0.2) is 66.9 Å². The molecule has 0 aliphatic rings. The average Bonchev–Trinajstić information content (AvgIpc) is 3.09. The Morgan fingerprint density at radius 3 is 2.00 bits per heavy atom. The van der Waals surface area contributed by atoms with Crippen molar-refractivity contribution in [3.63, 3.8) is 0 Å². The van der Waals surface area contributed by atoms with Crippen LogP contribution in [0.2, 0.25) is 0 Å². The molecule has 0 saturated heterocycles. The van der Waals surface area contributed by atoms with Crippen LogP contribution in [0.3, 0.4) is 0 Å². The van der Waals surface area contributed by atoms with Gasteiger partial charge in [-0.25, -0.2) is 0 Å². The Morgan fingerprint density at radius 2 is 1.52 bits per heavy atom. The van der Waals surface area contributed by atoms with Crippen molar-refractivity contribution in [2.45, 2.75) is 6.04 Å². The van der Waals surface area contributed by atoms with Gasteiger partial charge in [0.25, 0.3) is 5.91 Å². The number of hydrogen-bond acceptors (Lipinski definition) is 3. The smallest absolute Gasteiger partial charge is 0.274 e. The number of carbonyl (C=O) groups excluding carboxylic acids is 1. The number of nitrogens with zero attached hydrogens (tertiary/aromatic N) is 2. The molecule has 104 valence electrons. The first-order valence-electron chi connectivity index (χ1n) is 6.61. The summed E-state index contributed by atoms with van der Waals surface area (Å²) in [5.41, 5.74) is 2.30. The van der Waals surface area contributed by atoms with Gasteiger partial charge in [0, 0.05) is 0 Å². The summed E-state index contributed by atoms with van der Waals surface area (Å²) < 4.78 is 0. The van der Waals surface area contributed by atoms with Crippen molar-refractivity contribution in [3.8, 4) is 0 Å². The predicted molar refractivity (Wildman–Crippen MR) is 78.6 cm³/mol. The van der Waals surface area contributed by atoms with Crippen LogP contribution in [0.1, 0.15) is 27.7 Å². The summed E-state index contributed by atoms with van der Waals surface area (Å²) in [6, 6.07) is 19.4. The number of aromatic nitrogens is 3. The highest BCUT2D eigenvalue weighted by Gasteiger charge is 2.18. The fraction of sp³-hybridized carbons (Fsp3) is 0.0625. The third kappa shape index (κ3) is 2.97. The summed E-state index contributed by atoms with van der Waals surface area (Å²) in [4.78, 5) is 12.2. The van der Waals surface area contributed by atoms with Gasteiger partial charge in [0.15, 0.2) is 5.69 Å². The number of hydrogen-bond donors (Lipinski definition) is 2. The normalized spacial score (nSPS) is 10.5. The summed E-state index contributed by atoms with van der Waals surface area (Å²) in [6.45, 7) is 0. The van der Waals surface area contributed by atoms with Crippen molar-refractivity contribution < 1.29 is 4.79 Å². The molecule has 0 unspecified atom stereocenters. The summed E-state index contributed by atoms with van der Waals surface area (Å²) in [5, 5.41) is 12.9. The van der Waals surface area contributed by atoms with Crippen LogP contribution in [0, 0.1) is 0 Å². The standard InChI is InChI=1S/C16H14N4O/c21-16(14-11-17-20-19-14)18-15(12-7-3-1-4-8-12)13-9-5-2-6-10-13/h1-11,15H,(H,18,21)(H,17,19,20).